The number of amides is 5. The molecular formula is C71H81N15O16S2. The van der Waals surface area contributed by atoms with Crippen molar-refractivity contribution in [2.45, 2.75) is 104 Å². The summed E-state index contributed by atoms with van der Waals surface area (Å²) in [6.07, 6.45) is 6.29. The number of carboxylic acid groups (broad SMARTS) is 1. The smallest absolute Gasteiger partial charge is 0.426 e. The fourth-order valence-electron chi connectivity index (χ4n) is 12.0. The van der Waals surface area contributed by atoms with Crippen LogP contribution >= 0.6 is 21.6 Å². The van der Waals surface area contributed by atoms with Gasteiger partial charge in [0.1, 0.15) is 18.6 Å². The number of nitrogen functional groups attached to an aromatic ring is 1. The fourth-order valence-corrected chi connectivity index (χ4v) is 14.0. The Hall–Kier alpha value is -11.2. The van der Waals surface area contributed by atoms with Crippen molar-refractivity contribution in [2.75, 3.05) is 70.3 Å². The van der Waals surface area contributed by atoms with Crippen LogP contribution in [0.25, 0.3) is 50.1 Å². The molecule has 548 valence electrons. The maximum Gasteiger partial charge on any atom is 0.426 e. The van der Waals surface area contributed by atoms with Crippen molar-refractivity contribution in [1.29, 1.82) is 0 Å². The lowest BCUT2D eigenvalue weighted by Gasteiger charge is -2.36. The van der Waals surface area contributed by atoms with E-state index in [0.717, 1.165) is 44.2 Å². The van der Waals surface area contributed by atoms with E-state index in [1.807, 2.05) is 52.0 Å². The Balaban J connectivity index is 0.710. The van der Waals surface area contributed by atoms with E-state index in [2.05, 4.69) is 68.6 Å². The minimum atomic E-state index is -1.26. The maximum absolute atomic E-state index is 13.9. The van der Waals surface area contributed by atoms with E-state index >= 15 is 0 Å². The normalized spacial score (nSPS) is 15.4. The Morgan fingerprint density at radius 2 is 1.52 bits per heavy atom. The van der Waals surface area contributed by atoms with E-state index in [1.54, 1.807) is 49.4 Å². The highest BCUT2D eigenvalue weighted by Gasteiger charge is 2.53. The number of carboxylic acids is 1. The van der Waals surface area contributed by atoms with E-state index in [9.17, 15) is 53.1 Å². The van der Waals surface area contributed by atoms with Crippen LogP contribution in [0.1, 0.15) is 128 Å². The number of esters is 3. The molecule has 0 saturated heterocycles. The van der Waals surface area contributed by atoms with E-state index in [0.29, 0.717) is 74.1 Å². The molecule has 5 amide bonds. The number of aliphatic carboxylic acids is 1. The number of carbonyl (C=O) groups is 9. The van der Waals surface area contributed by atoms with Crippen LogP contribution in [0.5, 0.6) is 0 Å². The van der Waals surface area contributed by atoms with E-state index < -0.39 is 64.7 Å². The number of aromatic nitrogens is 8. The van der Waals surface area contributed by atoms with Gasteiger partial charge in [-0.25, -0.2) is 39.7 Å². The average Bonchev–Trinajstić information content (AvgIpc) is 1.54. The number of nitrogens with zero attached hydrogens (tertiary/aromatic N) is 5. The molecule has 8 bridgehead atoms. The zero-order chi connectivity index (χ0) is 74.9. The van der Waals surface area contributed by atoms with Crippen LogP contribution in [0.2, 0.25) is 0 Å². The number of nitrogens with two attached hydrogens (primary N) is 1. The molecule has 9 rings (SSSR count). The number of hydrogen-bond acceptors (Lipinski definition) is 24. The van der Waals surface area contributed by atoms with Crippen molar-refractivity contribution in [1.82, 2.24) is 66.7 Å². The van der Waals surface area contributed by atoms with E-state index in [4.69, 9.17) is 39.4 Å². The lowest BCUT2D eigenvalue weighted by atomic mass is 9.64. The molecule has 0 spiro atoms. The SMILES string of the molecule is C=CC1=C(C)c2cc3[nH]c(cc4nc(cc5[nH]c(cc1n2)c(C)c5CCC(=O)NNC(=O)OCCSSC[C@@H](NC(=O)CCOCCNC(=O)CC[C@@H](C)NC(=O)c1ccc(NCc2cnc5nc(N)[nH]c(=O)c5n2)cc1)C(=O)O)C(CCC(=O)OC)=C4C)[C@]1(C)C3=CC=C(C(=O)OC)[C@@H]1C(=O)OC. The molecule has 0 unspecified atom stereocenters. The van der Waals surface area contributed by atoms with Crippen LogP contribution in [0, 0.1) is 12.8 Å². The molecule has 5 aromatic rings. The van der Waals surface area contributed by atoms with Crippen molar-refractivity contribution < 1.29 is 71.9 Å². The summed E-state index contributed by atoms with van der Waals surface area (Å²) in [7, 11) is 6.15. The van der Waals surface area contributed by atoms with Crippen molar-refractivity contribution in [3.05, 3.63) is 152 Å². The third kappa shape index (κ3) is 18.7. The van der Waals surface area contributed by atoms with E-state index in [-0.39, 0.29) is 123 Å². The van der Waals surface area contributed by atoms with Crippen molar-refractivity contribution in [2.24, 2.45) is 5.92 Å². The van der Waals surface area contributed by atoms with Crippen LogP contribution in [0.4, 0.5) is 16.4 Å². The van der Waals surface area contributed by atoms with Gasteiger partial charge < -0.3 is 65.8 Å². The number of hydrazine groups is 1. The van der Waals surface area contributed by atoms with Gasteiger partial charge in [0.05, 0.1) is 86.7 Å². The zero-order valence-corrected chi connectivity index (χ0v) is 60.1. The predicted molar refractivity (Wildman–Crippen MR) is 391 cm³/mol. The molecule has 31 nitrogen and oxygen atoms in total. The van der Waals surface area contributed by atoms with Crippen LogP contribution in [0.15, 0.2) is 89.9 Å². The third-order valence-corrected chi connectivity index (χ3v) is 20.1. The lowest BCUT2D eigenvalue weighted by molar-refractivity contribution is -0.149. The summed E-state index contributed by atoms with van der Waals surface area (Å²) in [5, 5.41) is 21.0. The quantitative estimate of drug-likeness (QED) is 0.00734. The van der Waals surface area contributed by atoms with Gasteiger partial charge >= 0.3 is 30.0 Å². The summed E-state index contributed by atoms with van der Waals surface area (Å²) in [5.41, 5.74) is 20.2. The monoisotopic (exact) mass is 1460 g/mol. The molecule has 0 fully saturated rings. The zero-order valence-electron chi connectivity index (χ0n) is 58.5. The second-order valence-electron chi connectivity index (χ2n) is 24.5. The Morgan fingerprint density at radius 1 is 0.769 bits per heavy atom. The van der Waals surface area contributed by atoms with Gasteiger partial charge in [-0.1, -0.05) is 46.4 Å². The van der Waals surface area contributed by atoms with Gasteiger partial charge in [-0.3, -0.25) is 44.0 Å². The number of fused-ring (bicyclic) bond motifs is 12. The van der Waals surface area contributed by atoms with Gasteiger partial charge in [0, 0.05) is 89.0 Å². The number of aryl methyl sites for hydroxylation is 2. The predicted octanol–water partition coefficient (Wildman–Crippen LogP) is 6.57. The Morgan fingerprint density at radius 3 is 2.25 bits per heavy atom. The van der Waals surface area contributed by atoms with Gasteiger partial charge in [0.2, 0.25) is 23.7 Å². The van der Waals surface area contributed by atoms with Gasteiger partial charge in [0.15, 0.2) is 11.2 Å². The van der Waals surface area contributed by atoms with Crippen LogP contribution < -0.4 is 43.4 Å². The minimum absolute atomic E-state index is 0.0199. The average molecular weight is 1460 g/mol. The second kappa shape index (κ2) is 35.1. The molecule has 4 aromatic heterocycles. The Bertz CT molecular complexity index is 4640. The number of benzene rings is 1. The number of carbonyl (C=O) groups excluding carboxylic acids is 8. The lowest BCUT2D eigenvalue weighted by Crippen LogP contribution is -2.42. The fraction of sp³-hybridized carbons (Fsp3) is 0.366. The van der Waals surface area contributed by atoms with Crippen LogP contribution in [0.3, 0.4) is 0 Å². The van der Waals surface area contributed by atoms with E-state index in [1.165, 1.54) is 38.3 Å². The van der Waals surface area contributed by atoms with Gasteiger partial charge in [0.25, 0.3) is 11.5 Å². The summed E-state index contributed by atoms with van der Waals surface area (Å²) in [6, 6.07) is 12.6. The first-order chi connectivity index (χ1) is 49.8. The number of H-pyrrole nitrogens is 3. The van der Waals surface area contributed by atoms with Crippen LogP contribution in [-0.2, 0) is 75.6 Å². The first kappa shape index (κ1) is 77.0. The largest absolute Gasteiger partial charge is 0.480 e. The number of anilines is 2. The maximum atomic E-state index is 13.9. The summed E-state index contributed by atoms with van der Waals surface area (Å²) in [6.45, 7) is 13.8. The highest BCUT2D eigenvalue weighted by atomic mass is 33.1. The molecule has 104 heavy (non-hydrogen) atoms. The molecular weight excluding hydrogens is 1380 g/mol. The van der Waals surface area contributed by atoms with Crippen molar-refractivity contribution >= 4 is 137 Å². The minimum Gasteiger partial charge on any atom is -0.480 e. The second-order valence-corrected chi connectivity index (χ2v) is 27.2. The Labute approximate surface area is 604 Å². The van der Waals surface area contributed by atoms with Gasteiger partial charge in [-0.15, -0.1) is 0 Å². The summed E-state index contributed by atoms with van der Waals surface area (Å²) < 4.78 is 26.3. The molecule has 7 heterocycles. The number of allylic oxidation sites excluding steroid dienone is 8. The number of rotatable bonds is 31. The molecule has 3 aliphatic heterocycles. The molecule has 1 aromatic carbocycles. The van der Waals surface area contributed by atoms with Gasteiger partial charge in [-0.2, -0.15) is 4.98 Å². The number of aromatic amines is 3. The number of hydrogen-bond donors (Lipinski definition) is 11. The number of methoxy groups -OCH3 is 3. The summed E-state index contributed by atoms with van der Waals surface area (Å²) >= 11 is 0. The highest BCUT2D eigenvalue weighted by molar-refractivity contribution is 8.76. The number of nitrogens with one attached hydrogen (secondary N) is 9. The molecule has 12 N–H and O–H groups in total. The highest BCUT2D eigenvalue weighted by Crippen LogP contribution is 2.53. The van der Waals surface area contributed by atoms with Crippen molar-refractivity contribution in [3.8, 4) is 0 Å². The summed E-state index contributed by atoms with van der Waals surface area (Å²) in [4.78, 5) is 161. The first-order valence-electron chi connectivity index (χ1n) is 33.1. The molecule has 0 radical (unpaired) electrons. The number of ether oxygens (including phenoxy) is 5. The first-order valence-corrected chi connectivity index (χ1v) is 35.5. The van der Waals surface area contributed by atoms with Crippen LogP contribution in [-0.4, -0.2) is 170 Å². The third-order valence-electron chi connectivity index (χ3n) is 17.7. The Kier molecular flexibility index (Phi) is 26.0. The molecule has 0 saturated carbocycles. The standard InChI is InChI=1S/C71H81N15O16S2/c1-10-43-37(3)49-30-54-47-19-16-46(67(95)99-8)61(68(96)100-9)71(47,6)56(81-54)32-50-39(5)45(18-22-60(90)98-7)53(80-50)31-52-44(38(4)48(79-52)29-51(43)78-49)17-21-59(89)85-86-70(97)102-27-28-103-104-35-55(66(93)94)82-58(88)23-25-101-26-24-73-57(87)20-11-36(2)76-64(91)40-12-14-41(15-13-40)74-33-42-34-75-63-62(77-42)65(92)84-69(72)83-63/h10,12-16,19,29-32,34,36,55,61,74,79,81H,1,11,17-18,20-28,33,35H2,2-9H3,(H,73,87)(H,76,91)(H,82,88)(H,85,89)(H,86,97)(H,93,94)(H3,72,75,83,84,92)/t36-,55-,61-,71+/m1/s1. The summed E-state index contributed by atoms with van der Waals surface area (Å²) in [5.74, 6) is -5.75. The molecule has 33 heteroatoms. The van der Waals surface area contributed by atoms with Gasteiger partial charge in [-0.05, 0) is 136 Å². The molecule has 1 aliphatic carbocycles. The molecule has 4 atom stereocenters. The van der Waals surface area contributed by atoms with Crippen molar-refractivity contribution in [3.63, 3.8) is 0 Å². The molecule has 4 aliphatic rings. The topological polar surface area (TPSA) is 447 Å².